The topological polar surface area (TPSA) is 0 Å². The zero-order valence-electron chi connectivity index (χ0n) is 4.72. The van der Waals surface area contributed by atoms with Crippen LogP contribution in [-0.4, -0.2) is 0 Å². The standard InChI is InChI=1S/C8H8/c1-2-7-4-5-8(3-1)6-7/h2-5H,1,6H2. The van der Waals surface area contributed by atoms with Crippen LogP contribution >= 0.6 is 0 Å². The van der Waals surface area contributed by atoms with Crippen LogP contribution in [0.1, 0.15) is 12.8 Å². The second-order valence-corrected chi connectivity index (χ2v) is 2.30. The highest BCUT2D eigenvalue weighted by atomic mass is 14.1. The summed E-state index contributed by atoms with van der Waals surface area (Å²) in [5.74, 6) is 0. The Morgan fingerprint density at radius 1 is 1.00 bits per heavy atom. The molecule has 0 heteroatoms. The molecule has 2 rings (SSSR count). The predicted molar refractivity (Wildman–Crippen MR) is 34.5 cm³/mol. The third-order valence-electron chi connectivity index (χ3n) is 1.68. The Kier molecular flexibility index (Phi) is 0.696. The van der Waals surface area contributed by atoms with E-state index in [4.69, 9.17) is 0 Å². The van der Waals surface area contributed by atoms with Crippen LogP contribution < -0.4 is 0 Å². The van der Waals surface area contributed by atoms with Gasteiger partial charge in [0.05, 0.1) is 0 Å². The fourth-order valence-electron chi connectivity index (χ4n) is 1.21. The molecule has 0 unspecified atom stereocenters. The molecule has 0 aromatic rings. The maximum absolute atomic E-state index is 2.28. The van der Waals surface area contributed by atoms with Gasteiger partial charge in [0.25, 0.3) is 0 Å². The summed E-state index contributed by atoms with van der Waals surface area (Å²) in [4.78, 5) is 0. The number of allylic oxidation sites excluding steroid dienone is 6. The Bertz CT molecular complexity index is 167. The first-order valence-electron chi connectivity index (χ1n) is 3.01. The van der Waals surface area contributed by atoms with Crippen LogP contribution in [0.5, 0.6) is 0 Å². The minimum atomic E-state index is 1.15. The molecule has 0 heterocycles. The van der Waals surface area contributed by atoms with Gasteiger partial charge in [-0.2, -0.15) is 0 Å². The highest BCUT2D eigenvalue weighted by Gasteiger charge is 2.06. The average Bonchev–Trinajstić information content (AvgIpc) is 2.12. The number of fused-ring (bicyclic) bond motifs is 2. The minimum Gasteiger partial charge on any atom is -0.0772 e. The van der Waals surface area contributed by atoms with Crippen LogP contribution in [0.4, 0.5) is 0 Å². The molecule has 0 nitrogen and oxygen atoms in total. The second kappa shape index (κ2) is 1.35. The summed E-state index contributed by atoms with van der Waals surface area (Å²) in [6.45, 7) is 0. The van der Waals surface area contributed by atoms with E-state index in [1.807, 2.05) is 0 Å². The SMILES string of the molecule is C1=CC2=CCC=C1C2. The molecule has 0 aliphatic heterocycles. The Hall–Kier alpha value is -0.780. The van der Waals surface area contributed by atoms with Crippen molar-refractivity contribution in [3.05, 3.63) is 35.5 Å². The van der Waals surface area contributed by atoms with Gasteiger partial charge in [-0.25, -0.2) is 0 Å². The normalized spacial score (nSPS) is 23.0. The van der Waals surface area contributed by atoms with E-state index in [1.54, 1.807) is 0 Å². The quantitative estimate of drug-likeness (QED) is 0.442. The molecule has 40 valence electrons. The first-order chi connectivity index (χ1) is 3.95. The van der Waals surface area contributed by atoms with Gasteiger partial charge in [0.1, 0.15) is 0 Å². The van der Waals surface area contributed by atoms with Crippen molar-refractivity contribution in [1.29, 1.82) is 0 Å². The maximum Gasteiger partial charge on any atom is -0.00319 e. The Balaban J connectivity index is 2.49. The number of rotatable bonds is 0. The zero-order chi connectivity index (χ0) is 5.40. The Labute approximate surface area is 49.2 Å². The third-order valence-corrected chi connectivity index (χ3v) is 1.68. The van der Waals surface area contributed by atoms with Gasteiger partial charge in [0, 0.05) is 0 Å². The van der Waals surface area contributed by atoms with E-state index >= 15 is 0 Å². The number of hydrogen-bond acceptors (Lipinski definition) is 0. The molecular weight excluding hydrogens is 96.1 g/mol. The van der Waals surface area contributed by atoms with Gasteiger partial charge >= 0.3 is 0 Å². The van der Waals surface area contributed by atoms with Crippen molar-refractivity contribution in [1.82, 2.24) is 0 Å². The van der Waals surface area contributed by atoms with Crippen molar-refractivity contribution < 1.29 is 0 Å². The van der Waals surface area contributed by atoms with Gasteiger partial charge in [0.15, 0.2) is 0 Å². The fourth-order valence-corrected chi connectivity index (χ4v) is 1.21. The molecule has 8 heavy (non-hydrogen) atoms. The van der Waals surface area contributed by atoms with Crippen LogP contribution in [0.3, 0.4) is 0 Å². The lowest BCUT2D eigenvalue weighted by Gasteiger charge is -1.99. The van der Waals surface area contributed by atoms with Crippen LogP contribution in [0.2, 0.25) is 0 Å². The molecule has 0 aromatic carbocycles. The fraction of sp³-hybridized carbons (Fsp3) is 0.250. The summed E-state index contributed by atoms with van der Waals surface area (Å²) in [5.41, 5.74) is 3.00. The molecule has 0 amide bonds. The summed E-state index contributed by atoms with van der Waals surface area (Å²) in [6, 6.07) is 0. The van der Waals surface area contributed by atoms with Crippen molar-refractivity contribution in [3.63, 3.8) is 0 Å². The van der Waals surface area contributed by atoms with Crippen molar-refractivity contribution >= 4 is 0 Å². The van der Waals surface area contributed by atoms with Crippen molar-refractivity contribution in [2.24, 2.45) is 0 Å². The summed E-state index contributed by atoms with van der Waals surface area (Å²) in [7, 11) is 0. The summed E-state index contributed by atoms with van der Waals surface area (Å²) in [6.07, 6.45) is 11.3. The highest BCUT2D eigenvalue weighted by Crippen LogP contribution is 2.26. The molecule has 0 N–H and O–H groups in total. The predicted octanol–water partition coefficient (Wildman–Crippen LogP) is 2.20. The molecule has 0 fully saturated rings. The van der Waals surface area contributed by atoms with E-state index in [9.17, 15) is 0 Å². The van der Waals surface area contributed by atoms with Crippen LogP contribution in [0.15, 0.2) is 35.5 Å². The van der Waals surface area contributed by atoms with E-state index in [0.29, 0.717) is 0 Å². The van der Waals surface area contributed by atoms with E-state index < -0.39 is 0 Å². The van der Waals surface area contributed by atoms with E-state index in [1.165, 1.54) is 17.6 Å². The zero-order valence-corrected chi connectivity index (χ0v) is 4.72. The monoisotopic (exact) mass is 104 g/mol. The van der Waals surface area contributed by atoms with Crippen molar-refractivity contribution in [2.45, 2.75) is 12.8 Å². The molecule has 2 aliphatic carbocycles. The second-order valence-electron chi connectivity index (χ2n) is 2.30. The molecule has 2 aliphatic rings. The minimum absolute atomic E-state index is 1.15. The summed E-state index contributed by atoms with van der Waals surface area (Å²) < 4.78 is 0. The van der Waals surface area contributed by atoms with Crippen LogP contribution in [0.25, 0.3) is 0 Å². The third kappa shape index (κ3) is 0.460. The lowest BCUT2D eigenvalue weighted by atomic mass is 10.1. The van der Waals surface area contributed by atoms with Gasteiger partial charge in [-0.15, -0.1) is 0 Å². The van der Waals surface area contributed by atoms with Crippen molar-refractivity contribution in [2.75, 3.05) is 0 Å². The van der Waals surface area contributed by atoms with Gasteiger partial charge in [-0.05, 0) is 24.0 Å². The van der Waals surface area contributed by atoms with Gasteiger partial charge in [0.2, 0.25) is 0 Å². The molecular formula is C8H8. The van der Waals surface area contributed by atoms with Gasteiger partial charge in [-0.3, -0.25) is 0 Å². The molecule has 0 radical (unpaired) electrons. The molecule has 0 aromatic heterocycles. The van der Waals surface area contributed by atoms with Crippen LogP contribution in [0, 0.1) is 0 Å². The molecule has 0 saturated carbocycles. The summed E-state index contributed by atoms with van der Waals surface area (Å²) in [5, 5.41) is 0. The molecule has 0 spiro atoms. The van der Waals surface area contributed by atoms with E-state index in [-0.39, 0.29) is 0 Å². The molecule has 0 atom stereocenters. The van der Waals surface area contributed by atoms with Gasteiger partial charge < -0.3 is 0 Å². The van der Waals surface area contributed by atoms with Gasteiger partial charge in [-0.1, -0.05) is 24.3 Å². The smallest absolute Gasteiger partial charge is 0.00319 e. The first-order valence-corrected chi connectivity index (χ1v) is 3.01. The van der Waals surface area contributed by atoms with E-state index in [2.05, 4.69) is 24.3 Å². The first kappa shape index (κ1) is 4.13. The Morgan fingerprint density at radius 3 is 2.12 bits per heavy atom. The lowest BCUT2D eigenvalue weighted by molar-refractivity contribution is 1.15. The average molecular weight is 104 g/mol. The highest BCUT2D eigenvalue weighted by molar-refractivity contribution is 5.43. The largest absolute Gasteiger partial charge is 0.0772 e. The van der Waals surface area contributed by atoms with E-state index in [0.717, 1.165) is 6.42 Å². The van der Waals surface area contributed by atoms with Crippen LogP contribution in [-0.2, 0) is 0 Å². The summed E-state index contributed by atoms with van der Waals surface area (Å²) >= 11 is 0. The van der Waals surface area contributed by atoms with Crippen molar-refractivity contribution in [3.8, 4) is 0 Å². The Morgan fingerprint density at radius 2 is 1.62 bits per heavy atom. The maximum atomic E-state index is 2.28. The number of hydrogen-bond donors (Lipinski definition) is 0. The lowest BCUT2D eigenvalue weighted by Crippen LogP contribution is -1.79. The molecule has 2 bridgehead atoms. The molecule has 0 saturated heterocycles.